The topological polar surface area (TPSA) is 55.8 Å². The predicted molar refractivity (Wildman–Crippen MR) is 72.8 cm³/mol. The number of benzene rings is 1. The summed E-state index contributed by atoms with van der Waals surface area (Å²) in [5.74, 6) is -0.603. The number of hydrogen-bond donors (Lipinski definition) is 0. The van der Waals surface area contributed by atoms with Gasteiger partial charge in [0.05, 0.1) is 19.6 Å². The summed E-state index contributed by atoms with van der Waals surface area (Å²) < 4.78 is 9.91. The molecule has 0 aliphatic carbocycles. The summed E-state index contributed by atoms with van der Waals surface area (Å²) >= 11 is 0. The van der Waals surface area contributed by atoms with Gasteiger partial charge in [0.2, 0.25) is 5.91 Å². The quantitative estimate of drug-likeness (QED) is 0.759. The molecule has 2 rings (SSSR count). The fourth-order valence-electron chi connectivity index (χ4n) is 2.22. The minimum Gasteiger partial charge on any atom is -0.468 e. The number of amides is 1. The summed E-state index contributed by atoms with van der Waals surface area (Å²) in [5, 5.41) is 0. The van der Waals surface area contributed by atoms with E-state index < -0.39 is 5.97 Å². The van der Waals surface area contributed by atoms with Gasteiger partial charge in [-0.1, -0.05) is 30.3 Å². The molecule has 1 fully saturated rings. The van der Waals surface area contributed by atoms with Crippen LogP contribution in [0, 0.1) is 5.92 Å². The minimum absolute atomic E-state index is 0.0271. The average Bonchev–Trinajstić information content (AvgIpc) is 3.01. The lowest BCUT2D eigenvalue weighted by Crippen LogP contribution is -2.39. The van der Waals surface area contributed by atoms with Crippen LogP contribution in [0.4, 0.5) is 0 Å². The molecular weight excluding hydrogens is 258 g/mol. The van der Waals surface area contributed by atoms with Gasteiger partial charge in [-0.15, -0.1) is 0 Å². The van der Waals surface area contributed by atoms with Gasteiger partial charge in [-0.2, -0.15) is 0 Å². The lowest BCUT2D eigenvalue weighted by Gasteiger charge is -2.24. The van der Waals surface area contributed by atoms with E-state index >= 15 is 0 Å². The van der Waals surface area contributed by atoms with Crippen LogP contribution in [0.15, 0.2) is 30.3 Å². The van der Waals surface area contributed by atoms with Crippen LogP contribution in [0.2, 0.25) is 0 Å². The fraction of sp³-hybridized carbons (Fsp3) is 0.467. The zero-order valence-electron chi connectivity index (χ0n) is 11.6. The molecule has 1 saturated heterocycles. The monoisotopic (exact) mass is 277 g/mol. The molecule has 1 amide bonds. The van der Waals surface area contributed by atoms with Crippen molar-refractivity contribution in [1.82, 2.24) is 4.90 Å². The van der Waals surface area contributed by atoms with Crippen LogP contribution >= 0.6 is 0 Å². The van der Waals surface area contributed by atoms with E-state index in [1.165, 1.54) is 7.11 Å². The average molecular weight is 277 g/mol. The molecule has 1 heterocycles. The highest BCUT2D eigenvalue weighted by atomic mass is 16.5. The van der Waals surface area contributed by atoms with E-state index in [2.05, 4.69) is 4.74 Å². The number of esters is 1. The maximum absolute atomic E-state index is 12.4. The Morgan fingerprint density at radius 2 is 2.10 bits per heavy atom. The van der Waals surface area contributed by atoms with E-state index in [0.29, 0.717) is 26.2 Å². The number of methoxy groups -OCH3 is 1. The smallest absolute Gasteiger partial charge is 0.325 e. The van der Waals surface area contributed by atoms with E-state index in [0.717, 1.165) is 5.56 Å². The molecular formula is C15H19NO4. The van der Waals surface area contributed by atoms with Gasteiger partial charge in [0.1, 0.15) is 6.54 Å². The Kier molecular flexibility index (Phi) is 5.12. The van der Waals surface area contributed by atoms with Crippen LogP contribution in [0.5, 0.6) is 0 Å². The summed E-state index contributed by atoms with van der Waals surface area (Å²) in [7, 11) is 1.33. The second-order valence-corrected chi connectivity index (χ2v) is 4.82. The van der Waals surface area contributed by atoms with E-state index in [4.69, 9.17) is 4.74 Å². The van der Waals surface area contributed by atoms with Gasteiger partial charge in [-0.05, 0) is 12.0 Å². The van der Waals surface area contributed by atoms with Gasteiger partial charge in [0.15, 0.2) is 0 Å². The van der Waals surface area contributed by atoms with E-state index in [-0.39, 0.29) is 18.4 Å². The molecule has 0 radical (unpaired) electrons. The molecule has 0 aromatic heterocycles. The molecule has 0 saturated carbocycles. The molecule has 20 heavy (non-hydrogen) atoms. The Bertz CT molecular complexity index is 454. The largest absolute Gasteiger partial charge is 0.468 e. The van der Waals surface area contributed by atoms with Crippen LogP contribution in [0.1, 0.15) is 12.0 Å². The second-order valence-electron chi connectivity index (χ2n) is 4.82. The number of hydrogen-bond acceptors (Lipinski definition) is 4. The SMILES string of the molecule is COC(=O)CN(Cc1ccccc1)C(=O)C1CCOC1. The maximum atomic E-state index is 12.4. The summed E-state index contributed by atoms with van der Waals surface area (Å²) in [6.45, 7) is 1.42. The Morgan fingerprint density at radius 1 is 1.35 bits per heavy atom. The molecule has 1 aromatic carbocycles. The number of rotatable bonds is 5. The first kappa shape index (κ1) is 14.5. The minimum atomic E-state index is -0.409. The van der Waals surface area contributed by atoms with Gasteiger partial charge >= 0.3 is 5.97 Å². The van der Waals surface area contributed by atoms with Crippen molar-refractivity contribution in [2.24, 2.45) is 5.92 Å². The van der Waals surface area contributed by atoms with Crippen LogP contribution in [-0.2, 0) is 25.6 Å². The van der Waals surface area contributed by atoms with Gasteiger partial charge in [-0.25, -0.2) is 0 Å². The van der Waals surface area contributed by atoms with Crippen LogP contribution < -0.4 is 0 Å². The second kappa shape index (κ2) is 7.05. The standard InChI is InChI=1S/C15H19NO4/c1-19-14(17)10-16(9-12-5-3-2-4-6-12)15(18)13-7-8-20-11-13/h2-6,13H,7-11H2,1H3. The van der Waals surface area contributed by atoms with E-state index in [1.807, 2.05) is 30.3 Å². The highest BCUT2D eigenvalue weighted by molar-refractivity contribution is 5.83. The Balaban J connectivity index is 2.07. The number of carbonyl (C=O) groups excluding carboxylic acids is 2. The van der Waals surface area contributed by atoms with Gasteiger partial charge in [-0.3, -0.25) is 9.59 Å². The van der Waals surface area contributed by atoms with E-state index in [1.54, 1.807) is 4.90 Å². The van der Waals surface area contributed by atoms with E-state index in [9.17, 15) is 9.59 Å². The van der Waals surface area contributed by atoms with Crippen LogP contribution in [-0.4, -0.2) is 43.6 Å². The molecule has 1 atom stereocenters. The van der Waals surface area contributed by atoms with Crippen molar-refractivity contribution in [2.45, 2.75) is 13.0 Å². The third kappa shape index (κ3) is 3.81. The summed E-state index contributed by atoms with van der Waals surface area (Å²) in [4.78, 5) is 25.5. The van der Waals surface area contributed by atoms with Gasteiger partial charge < -0.3 is 14.4 Å². The van der Waals surface area contributed by atoms with Crippen molar-refractivity contribution >= 4 is 11.9 Å². The molecule has 0 N–H and O–H groups in total. The number of nitrogens with zero attached hydrogens (tertiary/aromatic N) is 1. The Labute approximate surface area is 118 Å². The Morgan fingerprint density at radius 3 is 2.70 bits per heavy atom. The van der Waals surface area contributed by atoms with Crippen molar-refractivity contribution in [3.8, 4) is 0 Å². The van der Waals surface area contributed by atoms with Crippen LogP contribution in [0.25, 0.3) is 0 Å². The molecule has 108 valence electrons. The number of carbonyl (C=O) groups is 2. The Hall–Kier alpha value is -1.88. The molecule has 5 nitrogen and oxygen atoms in total. The third-order valence-corrected chi connectivity index (χ3v) is 3.35. The first-order valence-corrected chi connectivity index (χ1v) is 6.68. The normalized spacial score (nSPS) is 17.8. The zero-order chi connectivity index (χ0) is 14.4. The molecule has 1 aliphatic rings. The predicted octanol–water partition coefficient (Wildman–Crippen LogP) is 1.22. The molecule has 1 aliphatic heterocycles. The summed E-state index contributed by atoms with van der Waals surface area (Å²) in [6, 6.07) is 9.61. The first-order valence-electron chi connectivity index (χ1n) is 6.68. The lowest BCUT2D eigenvalue weighted by atomic mass is 10.1. The zero-order valence-corrected chi connectivity index (χ0v) is 11.6. The first-order chi connectivity index (χ1) is 9.70. The van der Waals surface area contributed by atoms with Crippen molar-refractivity contribution < 1.29 is 19.1 Å². The van der Waals surface area contributed by atoms with Crippen molar-refractivity contribution in [3.63, 3.8) is 0 Å². The molecule has 1 unspecified atom stereocenters. The van der Waals surface area contributed by atoms with Crippen LogP contribution in [0.3, 0.4) is 0 Å². The van der Waals surface area contributed by atoms with Gasteiger partial charge in [0.25, 0.3) is 0 Å². The number of ether oxygens (including phenoxy) is 2. The summed E-state index contributed by atoms with van der Waals surface area (Å²) in [6.07, 6.45) is 0.714. The molecule has 0 spiro atoms. The highest BCUT2D eigenvalue weighted by Gasteiger charge is 2.29. The van der Waals surface area contributed by atoms with Gasteiger partial charge in [0, 0.05) is 13.2 Å². The lowest BCUT2D eigenvalue weighted by molar-refractivity contribution is -0.149. The van der Waals surface area contributed by atoms with Crippen molar-refractivity contribution in [1.29, 1.82) is 0 Å². The third-order valence-electron chi connectivity index (χ3n) is 3.35. The van der Waals surface area contributed by atoms with Crippen molar-refractivity contribution in [2.75, 3.05) is 26.9 Å². The summed E-state index contributed by atoms with van der Waals surface area (Å²) in [5.41, 5.74) is 0.990. The maximum Gasteiger partial charge on any atom is 0.325 e. The molecule has 0 bridgehead atoms. The molecule has 1 aromatic rings. The van der Waals surface area contributed by atoms with Crippen molar-refractivity contribution in [3.05, 3.63) is 35.9 Å². The highest BCUT2D eigenvalue weighted by Crippen LogP contribution is 2.17. The fourth-order valence-corrected chi connectivity index (χ4v) is 2.22. The molecule has 5 heteroatoms.